The smallest absolute Gasteiger partial charge is 0.246 e. The summed E-state index contributed by atoms with van der Waals surface area (Å²) in [7, 11) is 3.44. The van der Waals surface area contributed by atoms with Crippen LogP contribution in [-0.2, 0) is 21.4 Å². The normalized spacial score (nSPS) is 33.2. The van der Waals surface area contributed by atoms with E-state index < -0.39 is 17.1 Å². The van der Waals surface area contributed by atoms with Crippen LogP contribution in [-0.4, -0.2) is 71.2 Å². The third-order valence-electron chi connectivity index (χ3n) is 9.65. The lowest BCUT2D eigenvalue weighted by Gasteiger charge is -2.64. The SMILES string of the molecule is COc1ccc2c3c1O[C@H]1[C@H](N(C)C(=O)/C=C/c4ccoc4)CC[C@@]4(O)[C@@H](C2)N(C(=O)C2CC2)CCC314. The van der Waals surface area contributed by atoms with Gasteiger partial charge in [-0.05, 0) is 62.3 Å². The summed E-state index contributed by atoms with van der Waals surface area (Å²) in [5.41, 5.74) is 1.11. The van der Waals surface area contributed by atoms with Crippen LogP contribution < -0.4 is 9.47 Å². The van der Waals surface area contributed by atoms with E-state index in [1.165, 1.54) is 0 Å². The van der Waals surface area contributed by atoms with Gasteiger partial charge in [0.1, 0.15) is 6.10 Å². The van der Waals surface area contributed by atoms with E-state index in [4.69, 9.17) is 13.9 Å². The first-order chi connectivity index (χ1) is 17.9. The number of aliphatic hydroxyl groups is 1. The molecular formula is C29H32N2O6. The summed E-state index contributed by atoms with van der Waals surface area (Å²) in [6.07, 6.45) is 10.2. The Kier molecular flexibility index (Phi) is 4.87. The molecule has 2 aliphatic heterocycles. The zero-order valence-corrected chi connectivity index (χ0v) is 21.2. The molecule has 37 heavy (non-hydrogen) atoms. The number of likely N-dealkylation sites (N-methyl/N-ethyl adjacent to an activating group) is 1. The maximum Gasteiger partial charge on any atom is 0.246 e. The van der Waals surface area contributed by atoms with Crippen molar-refractivity contribution in [3.63, 3.8) is 0 Å². The van der Waals surface area contributed by atoms with Gasteiger partial charge in [0.05, 0.1) is 42.7 Å². The Labute approximate surface area is 215 Å². The second-order valence-electron chi connectivity index (χ2n) is 11.3. The molecule has 1 unspecified atom stereocenters. The van der Waals surface area contributed by atoms with Crippen LogP contribution in [0, 0.1) is 5.92 Å². The highest BCUT2D eigenvalue weighted by atomic mass is 16.5. The first kappa shape index (κ1) is 22.9. The Hall–Kier alpha value is -3.26. The fourth-order valence-electron chi connectivity index (χ4n) is 7.71. The van der Waals surface area contributed by atoms with E-state index in [0.29, 0.717) is 43.7 Å². The average Bonchev–Trinajstić information content (AvgIpc) is 3.50. The molecule has 1 spiro atoms. The molecule has 2 amide bonds. The Morgan fingerprint density at radius 2 is 2.05 bits per heavy atom. The number of rotatable bonds is 5. The van der Waals surface area contributed by atoms with E-state index in [1.807, 2.05) is 18.0 Å². The zero-order chi connectivity index (χ0) is 25.5. The first-order valence-corrected chi connectivity index (χ1v) is 13.3. The molecule has 5 aliphatic rings. The zero-order valence-electron chi connectivity index (χ0n) is 21.2. The number of benzene rings is 1. The van der Waals surface area contributed by atoms with Crippen molar-refractivity contribution in [2.24, 2.45) is 5.92 Å². The summed E-state index contributed by atoms with van der Waals surface area (Å²) in [6.45, 7) is 0.586. The van der Waals surface area contributed by atoms with Gasteiger partial charge in [-0.3, -0.25) is 9.59 Å². The minimum atomic E-state index is -1.13. The average molecular weight is 505 g/mol. The lowest BCUT2D eigenvalue weighted by molar-refractivity contribution is -0.202. The number of nitrogens with zero attached hydrogens (tertiary/aromatic N) is 2. The largest absolute Gasteiger partial charge is 0.493 e. The monoisotopic (exact) mass is 504 g/mol. The number of hydrogen-bond donors (Lipinski definition) is 1. The van der Waals surface area contributed by atoms with Gasteiger partial charge in [-0.15, -0.1) is 0 Å². The maximum atomic E-state index is 13.3. The molecule has 2 bridgehead atoms. The van der Waals surface area contributed by atoms with Gasteiger partial charge in [0, 0.05) is 36.7 Å². The van der Waals surface area contributed by atoms with Gasteiger partial charge < -0.3 is 28.8 Å². The molecule has 8 nitrogen and oxygen atoms in total. The molecule has 7 rings (SSSR count). The molecule has 3 fully saturated rings. The van der Waals surface area contributed by atoms with Crippen molar-refractivity contribution in [1.29, 1.82) is 0 Å². The fourth-order valence-corrected chi connectivity index (χ4v) is 7.71. The molecule has 5 atom stereocenters. The quantitative estimate of drug-likeness (QED) is 0.630. The van der Waals surface area contributed by atoms with Gasteiger partial charge in [0.15, 0.2) is 11.5 Å². The van der Waals surface area contributed by atoms with Crippen LogP contribution in [0.25, 0.3) is 6.08 Å². The summed E-state index contributed by atoms with van der Waals surface area (Å²) in [5, 5.41) is 12.6. The maximum absolute atomic E-state index is 13.3. The van der Waals surface area contributed by atoms with Gasteiger partial charge in [-0.1, -0.05) is 6.07 Å². The molecule has 2 saturated carbocycles. The number of furan rings is 1. The first-order valence-electron chi connectivity index (χ1n) is 13.3. The van der Waals surface area contributed by atoms with Crippen LogP contribution in [0.4, 0.5) is 0 Å². The molecule has 1 N–H and O–H groups in total. The van der Waals surface area contributed by atoms with Crippen LogP contribution in [0.15, 0.2) is 41.2 Å². The van der Waals surface area contributed by atoms with Gasteiger partial charge in [0.25, 0.3) is 0 Å². The van der Waals surface area contributed by atoms with Gasteiger partial charge >= 0.3 is 0 Å². The number of hydrogen-bond acceptors (Lipinski definition) is 6. The standard InChI is InChI=1S/C29H32N2O6/c1-30(23(32)8-3-17-10-14-36-16-17)20-9-11-29(34)22-15-19-6-7-21(35-2)25-24(19)28(29,26(20)37-25)12-13-31(22)27(33)18-4-5-18/h3,6-8,10,14,16,18,20,22,26,34H,4-5,9,11-13,15H2,1-2H3/b8-3+/t20-,22-,26+,28?,29-/m1/s1. The third kappa shape index (κ3) is 2.99. The molecule has 1 aromatic heterocycles. The number of carbonyl (C=O) groups excluding carboxylic acids is 2. The Balaban J connectivity index is 1.30. The second-order valence-corrected chi connectivity index (χ2v) is 11.3. The van der Waals surface area contributed by atoms with Crippen LogP contribution in [0.2, 0.25) is 0 Å². The van der Waals surface area contributed by atoms with Crippen molar-refractivity contribution in [2.45, 2.75) is 67.7 Å². The number of piperidine rings is 1. The van der Waals surface area contributed by atoms with Crippen molar-refractivity contribution in [1.82, 2.24) is 9.80 Å². The van der Waals surface area contributed by atoms with E-state index in [-0.39, 0.29) is 29.8 Å². The highest BCUT2D eigenvalue weighted by Gasteiger charge is 2.74. The molecule has 3 heterocycles. The Morgan fingerprint density at radius 1 is 1.22 bits per heavy atom. The molecule has 194 valence electrons. The van der Waals surface area contributed by atoms with Crippen molar-refractivity contribution >= 4 is 17.9 Å². The van der Waals surface area contributed by atoms with E-state index >= 15 is 0 Å². The van der Waals surface area contributed by atoms with Crippen molar-refractivity contribution in [3.8, 4) is 11.5 Å². The predicted octanol–water partition coefficient (Wildman–Crippen LogP) is 2.92. The summed E-state index contributed by atoms with van der Waals surface area (Å²) in [5.74, 6) is 1.48. The Morgan fingerprint density at radius 3 is 2.78 bits per heavy atom. The summed E-state index contributed by atoms with van der Waals surface area (Å²) in [4.78, 5) is 30.3. The summed E-state index contributed by atoms with van der Waals surface area (Å²) in [6, 6.07) is 5.25. The fraction of sp³-hybridized carbons (Fsp3) is 0.517. The molecule has 0 radical (unpaired) electrons. The summed E-state index contributed by atoms with van der Waals surface area (Å²) < 4.78 is 17.5. The lowest BCUT2D eigenvalue weighted by Crippen LogP contribution is -2.78. The van der Waals surface area contributed by atoms with Crippen molar-refractivity contribution < 1.29 is 28.6 Å². The topological polar surface area (TPSA) is 92.4 Å². The highest BCUT2D eigenvalue weighted by molar-refractivity contribution is 5.92. The number of ether oxygens (including phenoxy) is 2. The molecular weight excluding hydrogens is 472 g/mol. The molecule has 8 heteroatoms. The molecule has 3 aliphatic carbocycles. The highest BCUT2D eigenvalue weighted by Crippen LogP contribution is 2.66. The molecule has 1 aromatic carbocycles. The van der Waals surface area contributed by atoms with Gasteiger partial charge in [-0.2, -0.15) is 0 Å². The third-order valence-corrected chi connectivity index (χ3v) is 9.65. The van der Waals surface area contributed by atoms with E-state index in [0.717, 1.165) is 29.5 Å². The van der Waals surface area contributed by atoms with Crippen LogP contribution in [0.5, 0.6) is 11.5 Å². The Bertz CT molecular complexity index is 1300. The van der Waals surface area contributed by atoms with Crippen molar-refractivity contribution in [2.75, 3.05) is 20.7 Å². The van der Waals surface area contributed by atoms with Gasteiger partial charge in [0.2, 0.25) is 11.8 Å². The predicted molar refractivity (Wildman–Crippen MR) is 134 cm³/mol. The van der Waals surface area contributed by atoms with E-state index in [1.54, 1.807) is 42.8 Å². The number of methoxy groups -OCH3 is 1. The van der Waals surface area contributed by atoms with E-state index in [2.05, 4.69) is 6.07 Å². The number of amides is 2. The van der Waals surface area contributed by atoms with Gasteiger partial charge in [-0.25, -0.2) is 0 Å². The van der Waals surface area contributed by atoms with Crippen LogP contribution in [0.3, 0.4) is 0 Å². The number of carbonyl (C=O) groups is 2. The van der Waals surface area contributed by atoms with Crippen LogP contribution >= 0.6 is 0 Å². The lowest BCUT2D eigenvalue weighted by atomic mass is 9.48. The minimum absolute atomic E-state index is 0.100. The van der Waals surface area contributed by atoms with Crippen molar-refractivity contribution in [3.05, 3.63) is 53.5 Å². The summed E-state index contributed by atoms with van der Waals surface area (Å²) >= 11 is 0. The molecule has 1 saturated heterocycles. The second kappa shape index (κ2) is 7.87. The van der Waals surface area contributed by atoms with Crippen LogP contribution in [0.1, 0.15) is 48.8 Å². The van der Waals surface area contributed by atoms with E-state index in [9.17, 15) is 14.7 Å². The number of likely N-dealkylation sites (tertiary alicyclic amines) is 1. The minimum Gasteiger partial charge on any atom is -0.493 e. The molecule has 2 aromatic rings.